The summed E-state index contributed by atoms with van der Waals surface area (Å²) in [7, 11) is 0. The number of unbranched alkanes of at least 4 members (excludes halogenated alkanes) is 1. The summed E-state index contributed by atoms with van der Waals surface area (Å²) in [5, 5.41) is 0. The highest BCUT2D eigenvalue weighted by Gasteiger charge is 2.29. The Hall–Kier alpha value is -0.760. The zero-order valence-corrected chi connectivity index (χ0v) is 10.8. The Balaban J connectivity index is 2.17. The van der Waals surface area contributed by atoms with Gasteiger partial charge in [0.2, 0.25) is 0 Å². The molecule has 0 fully saturated rings. The molecule has 86 valence electrons. The lowest BCUT2D eigenvalue weighted by Gasteiger charge is -2.05. The number of hydrogen-bond donors (Lipinski definition) is 0. The van der Waals surface area contributed by atoms with Gasteiger partial charge in [0.05, 0.1) is 0 Å². The van der Waals surface area contributed by atoms with E-state index >= 15 is 0 Å². The second kappa shape index (κ2) is 5.05. The fourth-order valence-electron chi connectivity index (χ4n) is 2.37. The van der Waals surface area contributed by atoms with E-state index in [0.29, 0.717) is 5.78 Å². The zero-order valence-electron chi connectivity index (χ0n) is 9.95. The second-order valence-corrected chi connectivity index (χ2v) is 5.31. The number of fused-ring (bicyclic) bond motifs is 1. The third kappa shape index (κ3) is 2.17. The van der Waals surface area contributed by atoms with Crippen LogP contribution >= 0.6 is 11.8 Å². The predicted octanol–water partition coefficient (Wildman–Crippen LogP) is 3.95. The lowest BCUT2D eigenvalue weighted by Crippen LogP contribution is -2.08. The lowest BCUT2D eigenvalue weighted by molar-refractivity contribution is 0.0929. The minimum Gasteiger partial charge on any atom is -0.294 e. The summed E-state index contributed by atoms with van der Waals surface area (Å²) < 4.78 is 0. The Kier molecular flexibility index (Phi) is 3.70. The van der Waals surface area contributed by atoms with Crippen LogP contribution in [0.2, 0.25) is 0 Å². The molecule has 1 atom stereocenters. The van der Waals surface area contributed by atoms with Crippen molar-refractivity contribution in [1.29, 1.82) is 0 Å². The Morgan fingerprint density at radius 2 is 2.25 bits per heavy atom. The number of benzene rings is 1. The first-order valence-corrected chi connectivity index (χ1v) is 7.20. The molecule has 1 nitrogen and oxygen atoms in total. The van der Waals surface area contributed by atoms with Gasteiger partial charge in [-0.1, -0.05) is 25.8 Å². The van der Waals surface area contributed by atoms with Gasteiger partial charge >= 0.3 is 0 Å². The molecular formula is C14H18OS. The molecule has 0 heterocycles. The van der Waals surface area contributed by atoms with Crippen LogP contribution in [0, 0.1) is 5.92 Å². The number of carbonyl (C=O) groups is 1. The molecule has 0 N–H and O–H groups in total. The SMILES string of the molecule is CCCCC1Cc2cc(SC)ccc2C1=O. The van der Waals surface area contributed by atoms with Crippen LogP contribution in [0.25, 0.3) is 0 Å². The molecule has 1 aliphatic rings. The highest BCUT2D eigenvalue weighted by molar-refractivity contribution is 7.98. The maximum atomic E-state index is 12.1. The summed E-state index contributed by atoms with van der Waals surface area (Å²) in [5.74, 6) is 0.628. The molecule has 0 saturated heterocycles. The molecule has 2 rings (SSSR count). The highest BCUT2D eigenvalue weighted by Crippen LogP contribution is 2.32. The first-order chi connectivity index (χ1) is 7.76. The van der Waals surface area contributed by atoms with E-state index < -0.39 is 0 Å². The number of thioether (sulfide) groups is 1. The van der Waals surface area contributed by atoms with Crippen molar-refractivity contribution in [1.82, 2.24) is 0 Å². The molecule has 1 unspecified atom stereocenters. The first kappa shape index (κ1) is 11.7. The van der Waals surface area contributed by atoms with E-state index in [1.54, 1.807) is 11.8 Å². The van der Waals surface area contributed by atoms with Crippen LogP contribution in [-0.4, -0.2) is 12.0 Å². The van der Waals surface area contributed by atoms with Crippen LogP contribution in [0.1, 0.15) is 42.1 Å². The molecule has 16 heavy (non-hydrogen) atoms. The van der Waals surface area contributed by atoms with Gasteiger partial charge in [0, 0.05) is 16.4 Å². The average molecular weight is 234 g/mol. The van der Waals surface area contributed by atoms with Crippen LogP contribution in [-0.2, 0) is 6.42 Å². The fourth-order valence-corrected chi connectivity index (χ4v) is 2.83. The van der Waals surface area contributed by atoms with E-state index in [2.05, 4.69) is 25.3 Å². The quantitative estimate of drug-likeness (QED) is 0.734. The average Bonchev–Trinajstić information content (AvgIpc) is 2.63. The van der Waals surface area contributed by atoms with Crippen LogP contribution in [0.4, 0.5) is 0 Å². The highest BCUT2D eigenvalue weighted by atomic mass is 32.2. The maximum Gasteiger partial charge on any atom is 0.166 e. The summed E-state index contributed by atoms with van der Waals surface area (Å²) in [4.78, 5) is 13.4. The van der Waals surface area contributed by atoms with Crippen molar-refractivity contribution < 1.29 is 4.79 Å². The third-order valence-electron chi connectivity index (χ3n) is 3.32. The number of ketones is 1. The van der Waals surface area contributed by atoms with Gasteiger partial charge in [-0.15, -0.1) is 11.8 Å². The van der Waals surface area contributed by atoms with E-state index in [1.165, 1.54) is 23.3 Å². The summed E-state index contributed by atoms with van der Waals surface area (Å²) >= 11 is 1.74. The van der Waals surface area contributed by atoms with Crippen molar-refractivity contribution in [3.05, 3.63) is 29.3 Å². The number of rotatable bonds is 4. The van der Waals surface area contributed by atoms with Gasteiger partial charge in [-0.3, -0.25) is 4.79 Å². The summed E-state index contributed by atoms with van der Waals surface area (Å²) in [6, 6.07) is 6.25. The van der Waals surface area contributed by atoms with Gasteiger partial charge in [-0.2, -0.15) is 0 Å². The molecule has 0 amide bonds. The van der Waals surface area contributed by atoms with Gasteiger partial charge in [-0.25, -0.2) is 0 Å². The minimum atomic E-state index is 0.257. The Bertz CT molecular complexity index is 398. The third-order valence-corrected chi connectivity index (χ3v) is 4.05. The van der Waals surface area contributed by atoms with E-state index in [1.807, 2.05) is 6.07 Å². The van der Waals surface area contributed by atoms with Crippen molar-refractivity contribution in [3.63, 3.8) is 0 Å². The van der Waals surface area contributed by atoms with Crippen LogP contribution in [0.5, 0.6) is 0 Å². The van der Waals surface area contributed by atoms with Crippen LogP contribution < -0.4 is 0 Å². The van der Waals surface area contributed by atoms with Crippen molar-refractivity contribution >= 4 is 17.5 Å². The predicted molar refractivity (Wildman–Crippen MR) is 69.3 cm³/mol. The van der Waals surface area contributed by atoms with Crippen LogP contribution in [0.15, 0.2) is 23.1 Å². The van der Waals surface area contributed by atoms with Gasteiger partial charge in [0.25, 0.3) is 0 Å². The largest absolute Gasteiger partial charge is 0.294 e. The monoisotopic (exact) mass is 234 g/mol. The molecule has 1 aromatic carbocycles. The van der Waals surface area contributed by atoms with Crippen molar-refractivity contribution in [2.75, 3.05) is 6.26 Å². The van der Waals surface area contributed by atoms with Crippen molar-refractivity contribution in [3.8, 4) is 0 Å². The molecule has 0 aliphatic heterocycles. The number of carbonyl (C=O) groups excluding carboxylic acids is 1. The molecule has 1 aliphatic carbocycles. The molecule has 0 aromatic heterocycles. The lowest BCUT2D eigenvalue weighted by atomic mass is 9.98. The van der Waals surface area contributed by atoms with Gasteiger partial charge in [0.1, 0.15) is 0 Å². The van der Waals surface area contributed by atoms with E-state index in [-0.39, 0.29) is 5.92 Å². The van der Waals surface area contributed by atoms with Crippen molar-refractivity contribution in [2.24, 2.45) is 5.92 Å². The molecular weight excluding hydrogens is 216 g/mol. The van der Waals surface area contributed by atoms with Crippen molar-refractivity contribution in [2.45, 2.75) is 37.5 Å². The summed E-state index contributed by atoms with van der Waals surface area (Å²) in [5.41, 5.74) is 2.23. The van der Waals surface area contributed by atoms with Crippen LogP contribution in [0.3, 0.4) is 0 Å². The zero-order chi connectivity index (χ0) is 11.5. The van der Waals surface area contributed by atoms with E-state index in [9.17, 15) is 4.79 Å². The summed E-state index contributed by atoms with van der Waals surface area (Å²) in [6.45, 7) is 2.18. The Morgan fingerprint density at radius 3 is 2.94 bits per heavy atom. The number of Topliss-reactive ketones (excluding diaryl/α,β-unsaturated/α-hetero) is 1. The molecule has 1 aromatic rings. The summed E-state index contributed by atoms with van der Waals surface area (Å²) in [6.07, 6.45) is 6.43. The van der Waals surface area contributed by atoms with Gasteiger partial charge in [0.15, 0.2) is 5.78 Å². The minimum absolute atomic E-state index is 0.257. The number of hydrogen-bond acceptors (Lipinski definition) is 2. The molecule has 0 bridgehead atoms. The molecule has 2 heteroatoms. The van der Waals surface area contributed by atoms with E-state index in [0.717, 1.165) is 18.4 Å². The standard InChI is InChI=1S/C14H18OS/c1-3-4-5-10-8-11-9-12(16-2)6-7-13(11)14(10)15/h6-7,9-10H,3-5,8H2,1-2H3. The molecule has 0 radical (unpaired) electrons. The Morgan fingerprint density at radius 1 is 1.44 bits per heavy atom. The second-order valence-electron chi connectivity index (χ2n) is 4.43. The molecule has 0 spiro atoms. The first-order valence-electron chi connectivity index (χ1n) is 5.97. The van der Waals surface area contributed by atoms with Gasteiger partial charge in [-0.05, 0) is 36.8 Å². The maximum absolute atomic E-state index is 12.1. The topological polar surface area (TPSA) is 17.1 Å². The van der Waals surface area contributed by atoms with Gasteiger partial charge < -0.3 is 0 Å². The van der Waals surface area contributed by atoms with E-state index in [4.69, 9.17) is 0 Å². The molecule has 0 saturated carbocycles. The Labute approximate surface area is 102 Å². The smallest absolute Gasteiger partial charge is 0.166 e. The normalized spacial score (nSPS) is 18.9. The fraction of sp³-hybridized carbons (Fsp3) is 0.500.